The van der Waals surface area contributed by atoms with Gasteiger partial charge < -0.3 is 14.4 Å². The van der Waals surface area contributed by atoms with Gasteiger partial charge in [-0.25, -0.2) is 4.39 Å². The van der Waals surface area contributed by atoms with E-state index in [1.807, 2.05) is 30.3 Å². The van der Waals surface area contributed by atoms with E-state index in [0.717, 1.165) is 10.8 Å². The van der Waals surface area contributed by atoms with E-state index in [2.05, 4.69) is 0 Å². The van der Waals surface area contributed by atoms with Crippen molar-refractivity contribution < 1.29 is 28.2 Å². The molecule has 3 aromatic rings. The number of fused-ring (bicyclic) bond motifs is 5. The number of ketones is 1. The SMILES string of the molecule is C[C@]1(C(=O)c2ccc(F)cc2)[C@@H]2c3c(ccc4ccccc34)OC(=O)[C@]21C(=O)N1CCOCC1. The van der Waals surface area contributed by atoms with Crippen LogP contribution in [0.25, 0.3) is 10.8 Å². The van der Waals surface area contributed by atoms with Crippen LogP contribution in [0, 0.1) is 16.6 Å². The maximum atomic E-state index is 14.0. The first-order valence-corrected chi connectivity index (χ1v) is 11.3. The third kappa shape index (κ3) is 2.56. The molecule has 3 aromatic carbocycles. The van der Waals surface area contributed by atoms with Crippen LogP contribution >= 0.6 is 0 Å². The third-order valence-electron chi connectivity index (χ3n) is 7.70. The summed E-state index contributed by atoms with van der Waals surface area (Å²) >= 11 is 0. The zero-order valence-corrected chi connectivity index (χ0v) is 18.5. The molecule has 34 heavy (non-hydrogen) atoms. The summed E-state index contributed by atoms with van der Waals surface area (Å²) in [6, 6.07) is 16.4. The number of rotatable bonds is 3. The van der Waals surface area contributed by atoms with Gasteiger partial charge in [0.1, 0.15) is 11.6 Å². The number of esters is 1. The van der Waals surface area contributed by atoms with Gasteiger partial charge in [-0.05, 0) is 48.0 Å². The number of ether oxygens (including phenoxy) is 2. The van der Waals surface area contributed by atoms with Crippen molar-refractivity contribution in [1.29, 1.82) is 0 Å². The smallest absolute Gasteiger partial charge is 0.328 e. The van der Waals surface area contributed by atoms with Crippen LogP contribution in [-0.2, 0) is 14.3 Å². The number of carbonyl (C=O) groups is 3. The Morgan fingerprint density at radius 2 is 1.71 bits per heavy atom. The third-order valence-corrected chi connectivity index (χ3v) is 7.70. The summed E-state index contributed by atoms with van der Waals surface area (Å²) in [5.41, 5.74) is -2.13. The van der Waals surface area contributed by atoms with Crippen LogP contribution < -0.4 is 4.74 Å². The molecular weight excluding hydrogens is 437 g/mol. The molecule has 2 heterocycles. The molecule has 1 saturated carbocycles. The molecule has 2 fully saturated rings. The molecule has 7 heteroatoms. The highest BCUT2D eigenvalue weighted by atomic mass is 19.1. The lowest BCUT2D eigenvalue weighted by Crippen LogP contribution is -2.50. The lowest BCUT2D eigenvalue weighted by molar-refractivity contribution is -0.156. The van der Waals surface area contributed by atoms with Crippen LogP contribution in [0.4, 0.5) is 4.39 Å². The second-order valence-electron chi connectivity index (χ2n) is 9.27. The summed E-state index contributed by atoms with van der Waals surface area (Å²) in [4.78, 5) is 43.2. The molecule has 0 spiro atoms. The Hall–Kier alpha value is -3.58. The number of nitrogens with zero attached hydrogens (tertiary/aromatic N) is 1. The van der Waals surface area contributed by atoms with Gasteiger partial charge in [-0.2, -0.15) is 0 Å². The molecule has 3 atom stereocenters. The van der Waals surface area contributed by atoms with Crippen LogP contribution in [0.1, 0.15) is 28.8 Å². The number of halogens is 1. The average molecular weight is 459 g/mol. The zero-order chi connectivity index (χ0) is 23.7. The molecular formula is C27H22FNO5. The Labute approximate surface area is 195 Å². The summed E-state index contributed by atoms with van der Waals surface area (Å²) in [5.74, 6) is -2.30. The summed E-state index contributed by atoms with van der Waals surface area (Å²) in [7, 11) is 0. The first-order valence-electron chi connectivity index (χ1n) is 11.3. The van der Waals surface area contributed by atoms with Crippen molar-refractivity contribution in [3.8, 4) is 5.75 Å². The standard InChI is InChI=1S/C27H22FNO5/c1-26(23(30)17-6-9-18(28)10-7-17)22-21-19-5-3-2-4-16(19)8-11-20(21)34-25(32)27(22,26)24(31)29-12-14-33-15-13-29/h2-11,22H,12-15H2,1H3/t22-,26+,27+/m0/s1. The van der Waals surface area contributed by atoms with Crippen molar-refractivity contribution in [2.45, 2.75) is 12.8 Å². The van der Waals surface area contributed by atoms with Crippen molar-refractivity contribution in [1.82, 2.24) is 4.90 Å². The maximum absolute atomic E-state index is 14.0. The first kappa shape index (κ1) is 21.0. The summed E-state index contributed by atoms with van der Waals surface area (Å²) in [5, 5.41) is 1.77. The Morgan fingerprint density at radius 1 is 1.00 bits per heavy atom. The molecule has 0 aromatic heterocycles. The van der Waals surface area contributed by atoms with Crippen LogP contribution in [0.2, 0.25) is 0 Å². The van der Waals surface area contributed by atoms with Crippen molar-refractivity contribution >= 4 is 28.4 Å². The number of carbonyl (C=O) groups excluding carboxylic acids is 3. The summed E-state index contributed by atoms with van der Waals surface area (Å²) in [6.45, 7) is 3.07. The minimum atomic E-state index is -1.69. The molecule has 2 aliphatic heterocycles. The number of amides is 1. The van der Waals surface area contributed by atoms with E-state index < -0.39 is 34.4 Å². The highest BCUT2D eigenvalue weighted by Gasteiger charge is 2.88. The fourth-order valence-electron chi connectivity index (χ4n) is 5.96. The fraction of sp³-hybridized carbons (Fsp3) is 0.296. The van der Waals surface area contributed by atoms with Crippen molar-refractivity contribution in [3.05, 3.63) is 77.6 Å². The average Bonchev–Trinajstić information content (AvgIpc) is 3.46. The molecule has 0 unspecified atom stereocenters. The lowest BCUT2D eigenvalue weighted by atomic mass is 9.86. The number of Topliss-reactive ketones (excluding diaryl/α,β-unsaturated/α-hetero) is 1. The molecule has 6 nitrogen and oxygen atoms in total. The second kappa shape index (κ2) is 7.21. The predicted molar refractivity (Wildman–Crippen MR) is 121 cm³/mol. The Balaban J connectivity index is 1.57. The molecule has 3 aliphatic rings. The van der Waals surface area contributed by atoms with Gasteiger partial charge in [0.25, 0.3) is 0 Å². The first-order chi connectivity index (χ1) is 16.4. The molecule has 0 bridgehead atoms. The predicted octanol–water partition coefficient (Wildman–Crippen LogP) is 3.73. The minimum absolute atomic E-state index is 0.252. The van der Waals surface area contributed by atoms with Gasteiger partial charge in [0.05, 0.1) is 18.6 Å². The van der Waals surface area contributed by atoms with Crippen LogP contribution in [0.5, 0.6) is 5.75 Å². The number of benzene rings is 3. The molecule has 6 rings (SSSR count). The maximum Gasteiger partial charge on any atom is 0.328 e. The van der Waals surface area contributed by atoms with Gasteiger partial charge >= 0.3 is 5.97 Å². The van der Waals surface area contributed by atoms with E-state index in [9.17, 15) is 18.8 Å². The molecule has 1 aliphatic carbocycles. The highest BCUT2D eigenvalue weighted by molar-refractivity contribution is 6.22. The zero-order valence-electron chi connectivity index (χ0n) is 18.5. The molecule has 172 valence electrons. The fourth-order valence-corrected chi connectivity index (χ4v) is 5.96. The molecule has 1 saturated heterocycles. The highest BCUT2D eigenvalue weighted by Crippen LogP contribution is 2.79. The Bertz CT molecular complexity index is 1360. The van der Waals surface area contributed by atoms with Gasteiger partial charge in [0, 0.05) is 30.1 Å². The normalized spacial score (nSPS) is 27.5. The summed E-state index contributed by atoms with van der Waals surface area (Å²) in [6.07, 6.45) is 0. The number of hydrogen-bond acceptors (Lipinski definition) is 5. The van der Waals surface area contributed by atoms with Gasteiger partial charge in [-0.3, -0.25) is 14.4 Å². The van der Waals surface area contributed by atoms with Crippen LogP contribution in [0.3, 0.4) is 0 Å². The van der Waals surface area contributed by atoms with E-state index in [4.69, 9.17) is 9.47 Å². The lowest BCUT2D eigenvalue weighted by Gasteiger charge is -2.32. The number of hydrogen-bond donors (Lipinski definition) is 0. The monoisotopic (exact) mass is 459 g/mol. The molecule has 1 amide bonds. The van der Waals surface area contributed by atoms with Crippen LogP contribution in [0.15, 0.2) is 60.7 Å². The van der Waals surface area contributed by atoms with E-state index in [1.165, 1.54) is 24.3 Å². The Morgan fingerprint density at radius 3 is 2.44 bits per heavy atom. The minimum Gasteiger partial charge on any atom is -0.425 e. The van der Waals surface area contributed by atoms with E-state index in [1.54, 1.807) is 17.9 Å². The van der Waals surface area contributed by atoms with E-state index in [0.29, 0.717) is 37.6 Å². The van der Waals surface area contributed by atoms with Gasteiger partial charge in [0.15, 0.2) is 11.2 Å². The van der Waals surface area contributed by atoms with Gasteiger partial charge in [0.2, 0.25) is 5.91 Å². The van der Waals surface area contributed by atoms with Crippen molar-refractivity contribution in [3.63, 3.8) is 0 Å². The topological polar surface area (TPSA) is 72.9 Å². The van der Waals surface area contributed by atoms with Crippen molar-refractivity contribution in [2.24, 2.45) is 10.8 Å². The van der Waals surface area contributed by atoms with Crippen molar-refractivity contribution in [2.75, 3.05) is 26.3 Å². The largest absolute Gasteiger partial charge is 0.425 e. The summed E-state index contributed by atoms with van der Waals surface area (Å²) < 4.78 is 24.8. The Kier molecular flexibility index (Phi) is 4.45. The second-order valence-corrected chi connectivity index (χ2v) is 9.27. The molecule has 0 N–H and O–H groups in total. The number of morpholine rings is 1. The van der Waals surface area contributed by atoms with Gasteiger partial charge in [-0.1, -0.05) is 30.3 Å². The van der Waals surface area contributed by atoms with Gasteiger partial charge in [-0.15, -0.1) is 0 Å². The molecule has 0 radical (unpaired) electrons. The van der Waals surface area contributed by atoms with Crippen LogP contribution in [-0.4, -0.2) is 48.9 Å². The van der Waals surface area contributed by atoms with E-state index in [-0.39, 0.29) is 11.3 Å². The quantitative estimate of drug-likeness (QED) is 0.258. The van der Waals surface area contributed by atoms with E-state index >= 15 is 0 Å².